The Bertz CT molecular complexity index is 554. The van der Waals surface area contributed by atoms with E-state index in [9.17, 15) is 9.18 Å². The van der Waals surface area contributed by atoms with E-state index in [1.54, 1.807) is 0 Å². The number of fused-ring (bicyclic) bond motifs is 1. The Morgan fingerprint density at radius 1 is 1.04 bits per heavy atom. The van der Waals surface area contributed by atoms with Gasteiger partial charge in [-0.1, -0.05) is 39.0 Å². The van der Waals surface area contributed by atoms with Crippen molar-refractivity contribution in [1.29, 1.82) is 0 Å². The average molecular weight is 346 g/mol. The fraction of sp³-hybridized carbons (Fsp3) is 0.682. The van der Waals surface area contributed by atoms with E-state index in [4.69, 9.17) is 4.74 Å². The molecule has 0 saturated heterocycles. The molecule has 2 aliphatic rings. The average Bonchev–Trinajstić information content (AvgIpc) is 2.62. The van der Waals surface area contributed by atoms with Crippen molar-refractivity contribution in [3.8, 4) is 0 Å². The first-order valence-corrected chi connectivity index (χ1v) is 10.1. The van der Waals surface area contributed by atoms with Crippen LogP contribution in [0.2, 0.25) is 0 Å². The van der Waals surface area contributed by atoms with E-state index in [0.717, 1.165) is 30.6 Å². The third kappa shape index (κ3) is 5.05. The third-order valence-electron chi connectivity index (χ3n) is 6.24. The zero-order chi connectivity index (χ0) is 17.6. The van der Waals surface area contributed by atoms with Gasteiger partial charge in [0.05, 0.1) is 5.56 Å². The third-order valence-corrected chi connectivity index (χ3v) is 6.24. The van der Waals surface area contributed by atoms with Gasteiger partial charge in [-0.3, -0.25) is 0 Å². The van der Waals surface area contributed by atoms with Crippen molar-refractivity contribution in [2.75, 3.05) is 0 Å². The lowest BCUT2D eigenvalue weighted by molar-refractivity contribution is -0.00628. The van der Waals surface area contributed by atoms with Crippen molar-refractivity contribution in [2.24, 2.45) is 17.8 Å². The summed E-state index contributed by atoms with van der Waals surface area (Å²) in [6, 6.07) is 5.64. The molecule has 0 spiro atoms. The Morgan fingerprint density at radius 3 is 2.52 bits per heavy atom. The van der Waals surface area contributed by atoms with Gasteiger partial charge >= 0.3 is 5.97 Å². The molecule has 0 unspecified atom stereocenters. The van der Waals surface area contributed by atoms with Gasteiger partial charge in [0.2, 0.25) is 0 Å². The van der Waals surface area contributed by atoms with Gasteiger partial charge < -0.3 is 4.74 Å². The molecule has 2 nitrogen and oxygen atoms in total. The lowest BCUT2D eigenvalue weighted by Crippen LogP contribution is -2.35. The Hall–Kier alpha value is -1.38. The van der Waals surface area contributed by atoms with Gasteiger partial charge in [0.15, 0.2) is 0 Å². The van der Waals surface area contributed by atoms with Crippen molar-refractivity contribution < 1.29 is 13.9 Å². The van der Waals surface area contributed by atoms with E-state index < -0.39 is 0 Å². The number of hydrogen-bond acceptors (Lipinski definition) is 2. The van der Waals surface area contributed by atoms with Crippen LogP contribution in [-0.4, -0.2) is 12.1 Å². The van der Waals surface area contributed by atoms with Gasteiger partial charge in [-0.05, 0) is 74.1 Å². The second kappa shape index (κ2) is 8.82. The van der Waals surface area contributed by atoms with Crippen molar-refractivity contribution in [3.63, 3.8) is 0 Å². The number of carbonyl (C=O) groups is 1. The number of hydrogen-bond donors (Lipinski definition) is 0. The van der Waals surface area contributed by atoms with Crippen LogP contribution in [0.3, 0.4) is 0 Å². The number of benzene rings is 1. The molecule has 25 heavy (non-hydrogen) atoms. The first-order chi connectivity index (χ1) is 12.2. The highest BCUT2D eigenvalue weighted by Gasteiger charge is 2.36. The van der Waals surface area contributed by atoms with Crippen molar-refractivity contribution in [2.45, 2.75) is 77.2 Å². The lowest BCUT2D eigenvalue weighted by atomic mass is 9.66. The molecular weight excluding hydrogens is 315 g/mol. The van der Waals surface area contributed by atoms with Crippen LogP contribution in [0.5, 0.6) is 0 Å². The quantitative estimate of drug-likeness (QED) is 0.456. The molecule has 2 fully saturated rings. The monoisotopic (exact) mass is 346 g/mol. The maximum Gasteiger partial charge on any atom is 0.338 e. The maximum absolute atomic E-state index is 13.0. The zero-order valence-electron chi connectivity index (χ0n) is 15.4. The molecule has 2 aliphatic carbocycles. The first-order valence-electron chi connectivity index (χ1n) is 10.1. The Kier molecular flexibility index (Phi) is 6.50. The predicted molar refractivity (Wildman–Crippen MR) is 97.9 cm³/mol. The molecular formula is C22H31FO2. The van der Waals surface area contributed by atoms with E-state index in [2.05, 4.69) is 6.92 Å². The summed E-state index contributed by atoms with van der Waals surface area (Å²) in [6.45, 7) is 2.27. The second-order valence-corrected chi connectivity index (χ2v) is 8.04. The first kappa shape index (κ1) is 18.4. The van der Waals surface area contributed by atoms with Crippen LogP contribution < -0.4 is 0 Å². The summed E-state index contributed by atoms with van der Waals surface area (Å²) < 4.78 is 18.7. The largest absolute Gasteiger partial charge is 0.459 e. The molecule has 0 bridgehead atoms. The second-order valence-electron chi connectivity index (χ2n) is 8.04. The van der Waals surface area contributed by atoms with Gasteiger partial charge in [-0.2, -0.15) is 0 Å². The maximum atomic E-state index is 13.0. The fourth-order valence-electron chi connectivity index (χ4n) is 4.80. The van der Waals surface area contributed by atoms with Crippen LogP contribution >= 0.6 is 0 Å². The van der Waals surface area contributed by atoms with Crippen LogP contribution in [0.1, 0.15) is 81.5 Å². The van der Waals surface area contributed by atoms with Crippen LogP contribution in [0.4, 0.5) is 4.39 Å². The SMILES string of the molecule is CCCCC[C@@H]1CC[C@H]2C[C@H](OC(=O)c3ccc(F)cc3)CC[C@@H]2C1. The summed E-state index contributed by atoms with van der Waals surface area (Å²) in [7, 11) is 0. The molecule has 3 heteroatoms. The number of ether oxygens (including phenoxy) is 1. The van der Waals surface area contributed by atoms with E-state index in [1.165, 1.54) is 75.6 Å². The molecule has 0 N–H and O–H groups in total. The Morgan fingerprint density at radius 2 is 1.76 bits per heavy atom. The van der Waals surface area contributed by atoms with Crippen molar-refractivity contribution >= 4 is 5.97 Å². The smallest absolute Gasteiger partial charge is 0.338 e. The topological polar surface area (TPSA) is 26.3 Å². The summed E-state index contributed by atoms with van der Waals surface area (Å²) in [6.07, 6.45) is 12.7. The molecule has 0 aliphatic heterocycles. The fourth-order valence-corrected chi connectivity index (χ4v) is 4.80. The van der Waals surface area contributed by atoms with Crippen molar-refractivity contribution in [3.05, 3.63) is 35.6 Å². The zero-order valence-corrected chi connectivity index (χ0v) is 15.4. The van der Waals surface area contributed by atoms with Gasteiger partial charge in [0, 0.05) is 0 Å². The Balaban J connectivity index is 1.46. The molecule has 4 atom stereocenters. The van der Waals surface area contributed by atoms with Crippen molar-refractivity contribution in [1.82, 2.24) is 0 Å². The summed E-state index contributed by atoms with van der Waals surface area (Å²) in [5.74, 6) is 1.85. The van der Waals surface area contributed by atoms with E-state index in [0.29, 0.717) is 5.56 Å². The van der Waals surface area contributed by atoms with Gasteiger partial charge in [-0.25, -0.2) is 9.18 Å². The summed E-state index contributed by atoms with van der Waals surface area (Å²) in [5.41, 5.74) is 0.447. The van der Waals surface area contributed by atoms with Crippen LogP contribution in [0, 0.1) is 23.6 Å². The van der Waals surface area contributed by atoms with Gasteiger partial charge in [0.1, 0.15) is 11.9 Å². The molecule has 1 aromatic carbocycles. The van der Waals surface area contributed by atoms with Crippen LogP contribution in [0.15, 0.2) is 24.3 Å². The molecule has 3 rings (SSSR count). The van der Waals surface area contributed by atoms with E-state index in [-0.39, 0.29) is 17.9 Å². The van der Waals surface area contributed by atoms with E-state index in [1.807, 2.05) is 0 Å². The summed E-state index contributed by atoms with van der Waals surface area (Å²) in [5, 5.41) is 0. The predicted octanol–water partition coefficient (Wildman–Crippen LogP) is 6.15. The number of halogens is 1. The molecule has 2 saturated carbocycles. The normalized spacial score (nSPS) is 29.0. The minimum Gasteiger partial charge on any atom is -0.459 e. The summed E-state index contributed by atoms with van der Waals surface area (Å²) >= 11 is 0. The molecule has 0 amide bonds. The minimum absolute atomic E-state index is 0.0374. The standard InChI is InChI=1S/C22H31FO2/c1-2-3-4-5-16-6-7-19-15-21(13-10-18(19)14-16)25-22(24)17-8-11-20(23)12-9-17/h8-9,11-12,16,18-19,21H,2-7,10,13-15H2,1H3/t16-,18-,19+,21-/m1/s1. The Labute approximate surface area is 151 Å². The number of carbonyl (C=O) groups excluding carboxylic acids is 1. The van der Waals surface area contributed by atoms with Gasteiger partial charge in [-0.15, -0.1) is 0 Å². The van der Waals surface area contributed by atoms with Gasteiger partial charge in [0.25, 0.3) is 0 Å². The molecule has 138 valence electrons. The highest BCUT2D eigenvalue weighted by Crippen LogP contribution is 2.44. The highest BCUT2D eigenvalue weighted by atomic mass is 19.1. The molecule has 0 heterocycles. The summed E-state index contributed by atoms with van der Waals surface area (Å²) in [4.78, 5) is 12.2. The lowest BCUT2D eigenvalue weighted by Gasteiger charge is -2.42. The molecule has 0 aromatic heterocycles. The van der Waals surface area contributed by atoms with Crippen LogP contribution in [-0.2, 0) is 4.74 Å². The van der Waals surface area contributed by atoms with Crippen LogP contribution in [0.25, 0.3) is 0 Å². The van der Waals surface area contributed by atoms with E-state index >= 15 is 0 Å². The minimum atomic E-state index is -0.326. The highest BCUT2D eigenvalue weighted by molar-refractivity contribution is 5.89. The molecule has 0 radical (unpaired) electrons. The molecule has 1 aromatic rings. The number of unbranched alkanes of at least 4 members (excludes halogenated alkanes) is 2. The number of esters is 1. The number of rotatable bonds is 6.